The van der Waals surface area contributed by atoms with Crippen molar-refractivity contribution in [3.05, 3.63) is 52.4 Å². The predicted molar refractivity (Wildman–Crippen MR) is 96.7 cm³/mol. The Bertz CT molecular complexity index is 1140. The second-order valence-electron chi connectivity index (χ2n) is 6.76. The topological polar surface area (TPSA) is 100 Å². The van der Waals surface area contributed by atoms with Crippen LogP contribution < -0.4 is 10.2 Å². The zero-order valence-corrected chi connectivity index (χ0v) is 14.1. The quantitative estimate of drug-likeness (QED) is 0.616. The van der Waals surface area contributed by atoms with E-state index in [-0.39, 0.29) is 33.6 Å². The van der Waals surface area contributed by atoms with Gasteiger partial charge in [-0.3, -0.25) is 4.79 Å². The van der Waals surface area contributed by atoms with Gasteiger partial charge in [0.1, 0.15) is 45.8 Å². The van der Waals surface area contributed by atoms with Crippen LogP contribution in [0.15, 0.2) is 45.8 Å². The lowest BCUT2D eigenvalue weighted by atomic mass is 9.97. The van der Waals surface area contributed by atoms with E-state index in [0.717, 1.165) is 6.07 Å². The zero-order chi connectivity index (χ0) is 18.6. The van der Waals surface area contributed by atoms with Gasteiger partial charge in [-0.2, -0.15) is 0 Å². The smallest absolute Gasteiger partial charge is 0.204 e. The number of benzene rings is 2. The van der Waals surface area contributed by atoms with Crippen molar-refractivity contribution in [3.8, 4) is 34.1 Å². The molecule has 132 valence electrons. The molecule has 0 spiro atoms. The maximum Gasteiger partial charge on any atom is 0.204 e. The molecule has 0 radical (unpaired) electrons. The van der Waals surface area contributed by atoms with Crippen LogP contribution in [0.4, 0.5) is 0 Å². The fraction of sp³-hybridized carbons (Fsp3) is 0.150. The highest BCUT2D eigenvalue weighted by Gasteiger charge is 2.24. The number of hydrogen-bond acceptors (Lipinski definition) is 6. The summed E-state index contributed by atoms with van der Waals surface area (Å²) in [6.07, 6.45) is 4.94. The van der Waals surface area contributed by atoms with Gasteiger partial charge >= 0.3 is 0 Å². The third-order valence-corrected chi connectivity index (χ3v) is 4.30. The molecule has 26 heavy (non-hydrogen) atoms. The summed E-state index contributed by atoms with van der Waals surface area (Å²) in [6, 6.07) is 5.39. The number of ether oxygens (including phenoxy) is 1. The molecule has 6 heteroatoms. The first-order chi connectivity index (χ1) is 12.2. The van der Waals surface area contributed by atoms with Gasteiger partial charge in [-0.25, -0.2) is 0 Å². The molecule has 0 unspecified atom stereocenters. The van der Waals surface area contributed by atoms with E-state index in [1.165, 1.54) is 18.4 Å². The summed E-state index contributed by atoms with van der Waals surface area (Å²) >= 11 is 0. The van der Waals surface area contributed by atoms with Gasteiger partial charge in [0, 0.05) is 29.3 Å². The first-order valence-electron chi connectivity index (χ1n) is 7.98. The first-order valence-corrected chi connectivity index (χ1v) is 7.98. The van der Waals surface area contributed by atoms with Crippen molar-refractivity contribution in [1.82, 2.24) is 0 Å². The van der Waals surface area contributed by atoms with Crippen molar-refractivity contribution in [2.75, 3.05) is 0 Å². The van der Waals surface area contributed by atoms with Gasteiger partial charge in [0.15, 0.2) is 0 Å². The van der Waals surface area contributed by atoms with Gasteiger partial charge in [0.2, 0.25) is 5.43 Å². The van der Waals surface area contributed by atoms with E-state index >= 15 is 0 Å². The normalized spacial score (nSPS) is 14.8. The van der Waals surface area contributed by atoms with Gasteiger partial charge in [0.05, 0.1) is 5.56 Å². The Balaban J connectivity index is 1.94. The molecule has 2 heterocycles. The summed E-state index contributed by atoms with van der Waals surface area (Å²) in [7, 11) is 0. The molecule has 0 saturated carbocycles. The summed E-state index contributed by atoms with van der Waals surface area (Å²) in [5.74, 6) is -0.234. The second-order valence-corrected chi connectivity index (χ2v) is 6.76. The van der Waals surface area contributed by atoms with Crippen LogP contribution in [0, 0.1) is 0 Å². The summed E-state index contributed by atoms with van der Waals surface area (Å²) in [6.45, 7) is 3.79. The molecule has 0 amide bonds. The molecule has 3 N–H and O–H groups in total. The lowest BCUT2D eigenvalue weighted by Gasteiger charge is -2.28. The van der Waals surface area contributed by atoms with E-state index in [1.54, 1.807) is 6.07 Å². The minimum absolute atomic E-state index is 0.0543. The fourth-order valence-electron chi connectivity index (χ4n) is 3.03. The van der Waals surface area contributed by atoms with E-state index in [0.29, 0.717) is 11.3 Å². The highest BCUT2D eigenvalue weighted by atomic mass is 16.5. The van der Waals surface area contributed by atoms with Crippen molar-refractivity contribution in [2.45, 2.75) is 19.4 Å². The summed E-state index contributed by atoms with van der Waals surface area (Å²) in [4.78, 5) is 12.8. The van der Waals surface area contributed by atoms with Crippen LogP contribution in [0.3, 0.4) is 0 Å². The van der Waals surface area contributed by atoms with Crippen LogP contribution >= 0.6 is 0 Å². The molecule has 1 aromatic heterocycles. The maximum atomic E-state index is 12.8. The Kier molecular flexibility index (Phi) is 3.27. The fourth-order valence-corrected chi connectivity index (χ4v) is 3.03. The van der Waals surface area contributed by atoms with Crippen molar-refractivity contribution in [3.63, 3.8) is 0 Å². The molecule has 1 aliphatic heterocycles. The predicted octanol–water partition coefficient (Wildman–Crippen LogP) is 3.76. The van der Waals surface area contributed by atoms with E-state index in [4.69, 9.17) is 9.15 Å². The lowest BCUT2D eigenvalue weighted by Crippen LogP contribution is -2.27. The highest BCUT2D eigenvalue weighted by molar-refractivity contribution is 5.89. The minimum Gasteiger partial charge on any atom is -0.508 e. The molecular formula is C20H16O6. The van der Waals surface area contributed by atoms with Crippen molar-refractivity contribution in [1.29, 1.82) is 0 Å². The monoisotopic (exact) mass is 352 g/mol. The SMILES string of the molecule is CC1(C)C=Cc2cc(-c3coc4cc(O)cc(O)c4c3=O)c(O)cc2O1. The van der Waals surface area contributed by atoms with E-state index in [1.807, 2.05) is 26.0 Å². The van der Waals surface area contributed by atoms with Crippen LogP contribution in [0.25, 0.3) is 28.2 Å². The maximum absolute atomic E-state index is 12.8. The van der Waals surface area contributed by atoms with E-state index < -0.39 is 16.8 Å². The number of hydrogen-bond donors (Lipinski definition) is 3. The van der Waals surface area contributed by atoms with Crippen molar-refractivity contribution in [2.24, 2.45) is 0 Å². The third-order valence-electron chi connectivity index (χ3n) is 4.30. The lowest BCUT2D eigenvalue weighted by molar-refractivity contribution is 0.158. The van der Waals surface area contributed by atoms with Gasteiger partial charge in [-0.05, 0) is 26.0 Å². The molecule has 1 aliphatic rings. The Hall–Kier alpha value is -3.41. The average Bonchev–Trinajstić information content (AvgIpc) is 2.53. The summed E-state index contributed by atoms with van der Waals surface area (Å²) in [5, 5.41) is 29.9. The molecule has 0 bridgehead atoms. The molecule has 4 rings (SSSR count). The standard InChI is InChI=1S/C20H16O6/c1-20(2)4-3-10-5-12(14(22)8-16(10)26-20)13-9-25-17-7-11(21)6-15(23)18(17)19(13)24/h3-9,21-23H,1-2H3. The highest BCUT2D eigenvalue weighted by Crippen LogP contribution is 2.40. The zero-order valence-electron chi connectivity index (χ0n) is 14.1. The van der Waals surface area contributed by atoms with Crippen LogP contribution in [-0.2, 0) is 0 Å². The molecule has 0 fully saturated rings. The Morgan fingerprint density at radius 1 is 0.962 bits per heavy atom. The number of rotatable bonds is 1. The van der Waals surface area contributed by atoms with E-state index in [9.17, 15) is 20.1 Å². The number of fused-ring (bicyclic) bond motifs is 2. The molecule has 3 aromatic rings. The largest absolute Gasteiger partial charge is 0.508 e. The first kappa shape index (κ1) is 16.1. The molecular weight excluding hydrogens is 336 g/mol. The molecule has 6 nitrogen and oxygen atoms in total. The van der Waals surface area contributed by atoms with Crippen LogP contribution in [0.2, 0.25) is 0 Å². The minimum atomic E-state index is -0.514. The average molecular weight is 352 g/mol. The number of aromatic hydroxyl groups is 3. The third kappa shape index (κ3) is 2.47. The number of phenols is 3. The van der Waals surface area contributed by atoms with Crippen molar-refractivity contribution >= 4 is 17.0 Å². The van der Waals surface area contributed by atoms with Crippen LogP contribution in [-0.4, -0.2) is 20.9 Å². The Morgan fingerprint density at radius 2 is 1.73 bits per heavy atom. The Morgan fingerprint density at radius 3 is 2.50 bits per heavy atom. The molecule has 0 atom stereocenters. The molecule has 0 saturated heterocycles. The molecule has 0 aliphatic carbocycles. The number of phenolic OH excluding ortho intramolecular Hbond substituents is 3. The van der Waals surface area contributed by atoms with Crippen LogP contribution in [0.5, 0.6) is 23.0 Å². The van der Waals surface area contributed by atoms with Crippen molar-refractivity contribution < 1.29 is 24.5 Å². The van der Waals surface area contributed by atoms with Gasteiger partial charge < -0.3 is 24.5 Å². The Labute approximate surface area is 148 Å². The molecule has 2 aromatic carbocycles. The second kappa shape index (κ2) is 5.29. The van der Waals surface area contributed by atoms with Gasteiger partial charge in [-0.1, -0.05) is 6.08 Å². The van der Waals surface area contributed by atoms with Gasteiger partial charge in [0.25, 0.3) is 0 Å². The van der Waals surface area contributed by atoms with E-state index in [2.05, 4.69) is 0 Å². The van der Waals surface area contributed by atoms with Crippen LogP contribution in [0.1, 0.15) is 19.4 Å². The summed E-state index contributed by atoms with van der Waals surface area (Å²) in [5.41, 5.74) is 0.124. The summed E-state index contributed by atoms with van der Waals surface area (Å²) < 4.78 is 11.2. The van der Waals surface area contributed by atoms with Gasteiger partial charge in [-0.15, -0.1) is 0 Å².